The van der Waals surface area contributed by atoms with E-state index in [1.54, 1.807) is 12.3 Å². The number of hydrogen-bond acceptors (Lipinski definition) is 5. The van der Waals surface area contributed by atoms with Crippen LogP contribution < -0.4 is 11.1 Å². The van der Waals surface area contributed by atoms with E-state index >= 15 is 0 Å². The van der Waals surface area contributed by atoms with Crippen LogP contribution in [0.3, 0.4) is 0 Å². The molecule has 0 bridgehead atoms. The zero-order chi connectivity index (χ0) is 14.5. The molecule has 1 aromatic heterocycles. The van der Waals surface area contributed by atoms with Crippen LogP contribution >= 0.6 is 12.4 Å². The summed E-state index contributed by atoms with van der Waals surface area (Å²) in [4.78, 5) is 23.2. The van der Waals surface area contributed by atoms with Crippen molar-refractivity contribution >= 4 is 30.1 Å². The van der Waals surface area contributed by atoms with Gasteiger partial charge < -0.3 is 15.8 Å². The number of carbonyl (C=O) groups is 2. The Morgan fingerprint density at radius 3 is 2.95 bits per heavy atom. The van der Waals surface area contributed by atoms with Crippen molar-refractivity contribution in [3.8, 4) is 0 Å². The van der Waals surface area contributed by atoms with Gasteiger partial charge >= 0.3 is 5.97 Å². The maximum atomic E-state index is 12.1. The van der Waals surface area contributed by atoms with E-state index in [0.717, 1.165) is 19.3 Å². The molecule has 0 aliphatic heterocycles. The summed E-state index contributed by atoms with van der Waals surface area (Å²) >= 11 is 0. The van der Waals surface area contributed by atoms with Gasteiger partial charge in [0.1, 0.15) is 6.54 Å². The predicted octanol–water partition coefficient (Wildman–Crippen LogP) is 0.934. The van der Waals surface area contributed by atoms with Crippen LogP contribution in [0.15, 0.2) is 12.3 Å². The number of halogens is 1. The van der Waals surface area contributed by atoms with E-state index in [0.29, 0.717) is 12.2 Å². The average molecular weight is 317 g/mol. The smallest absolute Gasteiger partial charge is 0.327 e. The van der Waals surface area contributed by atoms with Crippen molar-refractivity contribution in [2.24, 2.45) is 11.7 Å². The number of rotatable bonds is 4. The van der Waals surface area contributed by atoms with Crippen molar-refractivity contribution in [1.82, 2.24) is 9.78 Å². The third kappa shape index (κ3) is 5.02. The van der Waals surface area contributed by atoms with Crippen LogP contribution in [0, 0.1) is 5.92 Å². The number of nitrogens with two attached hydrogens (primary N) is 1. The largest absolute Gasteiger partial charge is 0.468 e. The Kier molecular flexibility index (Phi) is 6.64. The normalized spacial score (nSPS) is 21.2. The van der Waals surface area contributed by atoms with Gasteiger partial charge in [-0.25, -0.2) is 0 Å². The number of aromatic nitrogens is 2. The van der Waals surface area contributed by atoms with Crippen molar-refractivity contribution in [3.05, 3.63) is 12.3 Å². The van der Waals surface area contributed by atoms with Crippen LogP contribution in [0.25, 0.3) is 0 Å². The van der Waals surface area contributed by atoms with Crippen molar-refractivity contribution in [2.45, 2.75) is 38.3 Å². The van der Waals surface area contributed by atoms with Crippen molar-refractivity contribution in [3.63, 3.8) is 0 Å². The molecule has 1 aliphatic rings. The second kappa shape index (κ2) is 7.99. The van der Waals surface area contributed by atoms with Crippen molar-refractivity contribution in [2.75, 3.05) is 12.4 Å². The van der Waals surface area contributed by atoms with Gasteiger partial charge in [-0.1, -0.05) is 6.42 Å². The second-order valence-corrected chi connectivity index (χ2v) is 5.09. The molecule has 0 radical (unpaired) electrons. The number of hydrogen-bond donors (Lipinski definition) is 2. The average Bonchev–Trinajstić information content (AvgIpc) is 2.85. The van der Waals surface area contributed by atoms with E-state index in [2.05, 4.69) is 15.2 Å². The highest BCUT2D eigenvalue weighted by Gasteiger charge is 2.25. The lowest BCUT2D eigenvalue weighted by Crippen LogP contribution is -2.34. The molecule has 0 saturated heterocycles. The Hall–Kier alpha value is -1.60. The number of anilines is 1. The molecule has 2 rings (SSSR count). The van der Waals surface area contributed by atoms with E-state index in [-0.39, 0.29) is 42.8 Å². The molecule has 21 heavy (non-hydrogen) atoms. The van der Waals surface area contributed by atoms with Gasteiger partial charge in [-0.15, -0.1) is 12.4 Å². The Morgan fingerprint density at radius 2 is 2.29 bits per heavy atom. The van der Waals surface area contributed by atoms with Gasteiger partial charge in [0, 0.05) is 24.2 Å². The van der Waals surface area contributed by atoms with E-state index in [9.17, 15) is 9.59 Å². The lowest BCUT2D eigenvalue weighted by Gasteiger charge is -2.25. The van der Waals surface area contributed by atoms with Crippen molar-refractivity contribution in [1.29, 1.82) is 0 Å². The first-order chi connectivity index (χ1) is 9.58. The molecule has 1 aromatic rings. The third-order valence-electron chi connectivity index (χ3n) is 3.50. The number of nitrogens with zero attached hydrogens (tertiary/aromatic N) is 2. The number of nitrogens with one attached hydrogen (secondary N) is 1. The third-order valence-corrected chi connectivity index (χ3v) is 3.50. The molecule has 7 nitrogen and oxygen atoms in total. The highest BCUT2D eigenvalue weighted by molar-refractivity contribution is 5.91. The van der Waals surface area contributed by atoms with Gasteiger partial charge in [0.15, 0.2) is 5.82 Å². The summed E-state index contributed by atoms with van der Waals surface area (Å²) in [6, 6.07) is 1.76. The van der Waals surface area contributed by atoms with Crippen LogP contribution in [-0.4, -0.2) is 34.8 Å². The summed E-state index contributed by atoms with van der Waals surface area (Å²) in [5.74, 6) is -0.0461. The van der Waals surface area contributed by atoms with Crippen LogP contribution in [0.5, 0.6) is 0 Å². The molecule has 1 amide bonds. The summed E-state index contributed by atoms with van der Waals surface area (Å²) in [5.41, 5.74) is 5.88. The predicted molar refractivity (Wildman–Crippen MR) is 80.1 cm³/mol. The molecule has 1 fully saturated rings. The van der Waals surface area contributed by atoms with Gasteiger partial charge in [0.05, 0.1) is 7.11 Å². The molecule has 2 unspecified atom stereocenters. The summed E-state index contributed by atoms with van der Waals surface area (Å²) in [6.45, 7) is 0.0284. The Bertz CT molecular complexity index is 492. The Labute approximate surface area is 129 Å². The zero-order valence-electron chi connectivity index (χ0n) is 11.9. The van der Waals surface area contributed by atoms with Gasteiger partial charge in [0.2, 0.25) is 5.91 Å². The number of amides is 1. The maximum absolute atomic E-state index is 12.1. The minimum absolute atomic E-state index is 0. The lowest BCUT2D eigenvalue weighted by molar-refractivity contribution is -0.141. The Morgan fingerprint density at radius 1 is 1.52 bits per heavy atom. The highest BCUT2D eigenvalue weighted by Crippen LogP contribution is 2.24. The molecular formula is C13H21ClN4O3. The molecule has 2 atom stereocenters. The van der Waals surface area contributed by atoms with Gasteiger partial charge in [-0.3, -0.25) is 14.3 Å². The summed E-state index contributed by atoms with van der Waals surface area (Å²) in [5, 5.41) is 6.87. The minimum atomic E-state index is -0.385. The first kappa shape index (κ1) is 17.5. The highest BCUT2D eigenvalue weighted by atomic mass is 35.5. The molecule has 8 heteroatoms. The quantitative estimate of drug-likeness (QED) is 0.805. The molecule has 1 saturated carbocycles. The Balaban J connectivity index is 0.00000220. The first-order valence-corrected chi connectivity index (χ1v) is 6.75. The molecule has 0 aromatic carbocycles. The second-order valence-electron chi connectivity index (χ2n) is 5.09. The van der Waals surface area contributed by atoms with Gasteiger partial charge in [-0.05, 0) is 19.3 Å². The molecular weight excluding hydrogens is 296 g/mol. The van der Waals surface area contributed by atoms with E-state index in [1.165, 1.54) is 11.8 Å². The molecule has 1 aliphatic carbocycles. The summed E-state index contributed by atoms with van der Waals surface area (Å²) in [6.07, 6.45) is 5.17. The standard InChI is InChI=1S/C13H20N4O3.ClH/c1-20-12(18)8-17-6-5-11(16-17)15-13(19)9-3-2-4-10(14)7-9;/h5-6,9-10H,2-4,7-8,14H2,1H3,(H,15,16,19);1H. The van der Waals surface area contributed by atoms with Crippen LogP contribution in [0.2, 0.25) is 0 Å². The van der Waals surface area contributed by atoms with Crippen LogP contribution in [-0.2, 0) is 20.9 Å². The SMILES string of the molecule is COC(=O)Cn1ccc(NC(=O)C2CCCC(N)C2)n1.Cl. The molecule has 118 valence electrons. The summed E-state index contributed by atoms with van der Waals surface area (Å²) in [7, 11) is 1.32. The van der Waals surface area contributed by atoms with Crippen molar-refractivity contribution < 1.29 is 14.3 Å². The summed E-state index contributed by atoms with van der Waals surface area (Å²) < 4.78 is 5.98. The fourth-order valence-corrected chi connectivity index (χ4v) is 2.41. The van der Waals surface area contributed by atoms with Crippen LogP contribution in [0.1, 0.15) is 25.7 Å². The molecule has 3 N–H and O–H groups in total. The fourth-order valence-electron chi connectivity index (χ4n) is 2.41. The van der Waals surface area contributed by atoms with E-state index in [1.807, 2.05) is 0 Å². The van der Waals surface area contributed by atoms with Gasteiger partial charge in [0.25, 0.3) is 0 Å². The van der Waals surface area contributed by atoms with Crippen LogP contribution in [0.4, 0.5) is 5.82 Å². The monoisotopic (exact) mass is 316 g/mol. The van der Waals surface area contributed by atoms with Gasteiger partial charge in [-0.2, -0.15) is 5.10 Å². The maximum Gasteiger partial charge on any atom is 0.327 e. The fraction of sp³-hybridized carbons (Fsp3) is 0.615. The number of carbonyl (C=O) groups excluding carboxylic acids is 2. The molecule has 0 spiro atoms. The number of methoxy groups -OCH3 is 1. The lowest BCUT2D eigenvalue weighted by atomic mass is 9.85. The van der Waals surface area contributed by atoms with E-state index in [4.69, 9.17) is 5.73 Å². The zero-order valence-corrected chi connectivity index (χ0v) is 12.8. The topological polar surface area (TPSA) is 99.2 Å². The molecule has 1 heterocycles. The minimum Gasteiger partial charge on any atom is -0.468 e. The first-order valence-electron chi connectivity index (χ1n) is 6.75. The number of esters is 1. The number of ether oxygens (including phenoxy) is 1. The van der Waals surface area contributed by atoms with E-state index < -0.39 is 0 Å².